The summed E-state index contributed by atoms with van der Waals surface area (Å²) in [4.78, 5) is 16.2. The molecule has 0 fully saturated rings. The summed E-state index contributed by atoms with van der Waals surface area (Å²) in [5.74, 6) is 1.74. The Balaban J connectivity index is 0.00000625. The molecule has 1 heterocycles. The minimum absolute atomic E-state index is 0. The van der Waals surface area contributed by atoms with Crippen molar-refractivity contribution in [1.29, 1.82) is 0 Å². The van der Waals surface area contributed by atoms with Gasteiger partial charge in [-0.3, -0.25) is 9.79 Å². The molecule has 0 aliphatic heterocycles. The minimum atomic E-state index is -0.160. The highest BCUT2D eigenvalue weighted by Gasteiger charge is 2.11. The van der Waals surface area contributed by atoms with Crippen LogP contribution in [-0.4, -0.2) is 38.5 Å². The zero-order valence-corrected chi connectivity index (χ0v) is 18.9. The van der Waals surface area contributed by atoms with Crippen molar-refractivity contribution >= 4 is 35.8 Å². The Labute approximate surface area is 175 Å². The van der Waals surface area contributed by atoms with Gasteiger partial charge in [0.15, 0.2) is 11.7 Å². The normalized spacial score (nSPS) is 12.2. The number of nitrogens with zero attached hydrogens (tertiary/aromatic N) is 1. The molecule has 1 atom stereocenters. The number of hydrogen-bond donors (Lipinski definition) is 3. The van der Waals surface area contributed by atoms with Crippen LogP contribution in [0.15, 0.2) is 21.7 Å². The van der Waals surface area contributed by atoms with Crippen molar-refractivity contribution < 1.29 is 9.21 Å². The van der Waals surface area contributed by atoms with Crippen LogP contribution < -0.4 is 16.0 Å². The number of aryl methyl sites for hydroxylation is 1. The van der Waals surface area contributed by atoms with Crippen molar-refractivity contribution in [3.63, 3.8) is 0 Å². The fourth-order valence-corrected chi connectivity index (χ4v) is 2.59. The maximum atomic E-state index is 11.9. The Bertz CT molecular complexity index is 531. The quantitative estimate of drug-likeness (QED) is 0.196. The summed E-state index contributed by atoms with van der Waals surface area (Å²) in [5.41, 5.74) is 0.855. The van der Waals surface area contributed by atoms with Crippen LogP contribution in [-0.2, 0) is 0 Å². The van der Waals surface area contributed by atoms with Crippen LogP contribution in [0.5, 0.6) is 0 Å². The van der Waals surface area contributed by atoms with E-state index in [0.29, 0.717) is 18.2 Å². The van der Waals surface area contributed by atoms with Crippen molar-refractivity contribution in [2.45, 2.75) is 52.9 Å². The molecule has 0 saturated carbocycles. The smallest absolute Gasteiger partial charge is 0.287 e. The maximum Gasteiger partial charge on any atom is 0.287 e. The van der Waals surface area contributed by atoms with Crippen LogP contribution in [0.25, 0.3) is 0 Å². The van der Waals surface area contributed by atoms with Gasteiger partial charge in [-0.15, -0.1) is 24.0 Å². The van der Waals surface area contributed by atoms with Crippen LogP contribution in [0, 0.1) is 12.8 Å². The zero-order chi connectivity index (χ0) is 18.5. The first kappa shape index (κ1) is 24.8. The van der Waals surface area contributed by atoms with E-state index in [4.69, 9.17) is 4.42 Å². The zero-order valence-electron chi connectivity index (χ0n) is 16.6. The number of amides is 1. The number of guanidine groups is 1. The van der Waals surface area contributed by atoms with Crippen molar-refractivity contribution in [3.05, 3.63) is 23.7 Å². The molecule has 1 aromatic rings. The summed E-state index contributed by atoms with van der Waals surface area (Å²) in [6, 6.07) is 1.79. The molecule has 7 heteroatoms. The lowest BCUT2D eigenvalue weighted by molar-refractivity contribution is 0.0925. The number of nitrogens with one attached hydrogen (secondary N) is 3. The fraction of sp³-hybridized carbons (Fsp3) is 0.684. The Hall–Kier alpha value is -1.25. The Kier molecular flexibility index (Phi) is 14.2. The minimum Gasteiger partial charge on any atom is -0.459 e. The number of halogens is 1. The third kappa shape index (κ3) is 9.45. The predicted octanol–water partition coefficient (Wildman–Crippen LogP) is 3.71. The highest BCUT2D eigenvalue weighted by molar-refractivity contribution is 14.0. The summed E-state index contributed by atoms with van der Waals surface area (Å²) in [6.45, 7) is 8.62. The van der Waals surface area contributed by atoms with Crippen molar-refractivity contribution in [3.8, 4) is 0 Å². The van der Waals surface area contributed by atoms with Gasteiger partial charge in [0, 0.05) is 32.2 Å². The molecule has 0 spiro atoms. The summed E-state index contributed by atoms with van der Waals surface area (Å²) in [5, 5.41) is 9.55. The summed E-state index contributed by atoms with van der Waals surface area (Å²) in [6.07, 6.45) is 7.32. The standard InChI is InChI=1S/C19H34N4O2.HI/c1-5-7-9-16(6-2)14-23-19(20-4)22-12-8-11-21-18(24)17-15(3)10-13-25-17;/h10,13,16H,5-9,11-12,14H2,1-4H3,(H,21,24)(H2,20,22,23);1H. The van der Waals surface area contributed by atoms with Gasteiger partial charge in [-0.1, -0.05) is 33.1 Å². The molecule has 0 aromatic carbocycles. The molecule has 1 amide bonds. The van der Waals surface area contributed by atoms with E-state index in [2.05, 4.69) is 34.8 Å². The lowest BCUT2D eigenvalue weighted by Gasteiger charge is -2.18. The van der Waals surface area contributed by atoms with E-state index in [0.717, 1.165) is 31.0 Å². The Morgan fingerprint density at radius 2 is 1.92 bits per heavy atom. The van der Waals surface area contributed by atoms with E-state index in [1.807, 2.05) is 6.92 Å². The number of unbranched alkanes of at least 4 members (excludes halogenated alkanes) is 1. The molecule has 0 radical (unpaired) electrons. The second-order valence-electron chi connectivity index (χ2n) is 6.34. The number of furan rings is 1. The first-order valence-electron chi connectivity index (χ1n) is 9.39. The highest BCUT2D eigenvalue weighted by atomic mass is 127. The highest BCUT2D eigenvalue weighted by Crippen LogP contribution is 2.11. The van der Waals surface area contributed by atoms with Gasteiger partial charge in [0.1, 0.15) is 0 Å². The van der Waals surface area contributed by atoms with Crippen LogP contribution in [0.3, 0.4) is 0 Å². The van der Waals surface area contributed by atoms with Gasteiger partial charge in [-0.2, -0.15) is 0 Å². The van der Waals surface area contributed by atoms with E-state index >= 15 is 0 Å². The van der Waals surface area contributed by atoms with E-state index in [1.165, 1.54) is 31.9 Å². The first-order valence-corrected chi connectivity index (χ1v) is 9.39. The van der Waals surface area contributed by atoms with Gasteiger partial charge in [-0.05, 0) is 31.7 Å². The number of carbonyl (C=O) groups is 1. The largest absolute Gasteiger partial charge is 0.459 e. The molecule has 26 heavy (non-hydrogen) atoms. The van der Waals surface area contributed by atoms with Gasteiger partial charge in [0.2, 0.25) is 0 Å². The van der Waals surface area contributed by atoms with Crippen molar-refractivity contribution in [2.75, 3.05) is 26.7 Å². The van der Waals surface area contributed by atoms with E-state index in [9.17, 15) is 4.79 Å². The molecule has 1 rings (SSSR count). The monoisotopic (exact) mass is 478 g/mol. The average Bonchev–Trinajstić information content (AvgIpc) is 3.05. The predicted molar refractivity (Wildman–Crippen MR) is 118 cm³/mol. The number of aliphatic imine (C=N–C) groups is 1. The molecule has 3 N–H and O–H groups in total. The molecular weight excluding hydrogens is 443 g/mol. The fourth-order valence-electron chi connectivity index (χ4n) is 2.59. The lowest BCUT2D eigenvalue weighted by atomic mass is 9.99. The molecule has 0 saturated heterocycles. The molecule has 6 nitrogen and oxygen atoms in total. The topological polar surface area (TPSA) is 78.7 Å². The van der Waals surface area contributed by atoms with Crippen LogP contribution in [0.2, 0.25) is 0 Å². The third-order valence-corrected chi connectivity index (χ3v) is 4.32. The Morgan fingerprint density at radius 3 is 2.50 bits per heavy atom. The van der Waals surface area contributed by atoms with Crippen LogP contribution in [0.1, 0.15) is 62.1 Å². The number of carbonyl (C=O) groups excluding carboxylic acids is 1. The second-order valence-corrected chi connectivity index (χ2v) is 6.34. The number of hydrogen-bond acceptors (Lipinski definition) is 3. The van der Waals surface area contributed by atoms with Gasteiger partial charge in [0.25, 0.3) is 5.91 Å². The molecule has 0 aliphatic rings. The van der Waals surface area contributed by atoms with E-state index in [1.54, 1.807) is 13.1 Å². The van der Waals surface area contributed by atoms with Gasteiger partial charge < -0.3 is 20.4 Å². The van der Waals surface area contributed by atoms with Crippen LogP contribution in [0.4, 0.5) is 0 Å². The number of rotatable bonds is 11. The third-order valence-electron chi connectivity index (χ3n) is 4.32. The van der Waals surface area contributed by atoms with Gasteiger partial charge >= 0.3 is 0 Å². The van der Waals surface area contributed by atoms with Crippen LogP contribution >= 0.6 is 24.0 Å². The van der Waals surface area contributed by atoms with Gasteiger partial charge in [0.05, 0.1) is 6.26 Å². The lowest BCUT2D eigenvalue weighted by Crippen LogP contribution is -2.40. The molecular formula is C19H35IN4O2. The molecule has 0 aliphatic carbocycles. The molecule has 1 unspecified atom stereocenters. The molecule has 1 aromatic heterocycles. The van der Waals surface area contributed by atoms with Gasteiger partial charge in [-0.25, -0.2) is 0 Å². The molecule has 150 valence electrons. The van der Waals surface area contributed by atoms with E-state index in [-0.39, 0.29) is 29.9 Å². The van der Waals surface area contributed by atoms with Crippen molar-refractivity contribution in [1.82, 2.24) is 16.0 Å². The summed E-state index contributed by atoms with van der Waals surface area (Å²) >= 11 is 0. The van der Waals surface area contributed by atoms with Crippen molar-refractivity contribution in [2.24, 2.45) is 10.9 Å². The SMILES string of the molecule is CCCCC(CC)CNC(=NC)NCCCNC(=O)c1occc1C.I. The maximum absolute atomic E-state index is 11.9. The average molecular weight is 478 g/mol. The first-order chi connectivity index (χ1) is 12.1. The van der Waals surface area contributed by atoms with E-state index < -0.39 is 0 Å². The summed E-state index contributed by atoms with van der Waals surface area (Å²) < 4.78 is 5.17. The second kappa shape index (κ2) is 14.9. The molecule has 0 bridgehead atoms. The Morgan fingerprint density at radius 1 is 1.19 bits per heavy atom. The summed E-state index contributed by atoms with van der Waals surface area (Å²) in [7, 11) is 1.78.